The summed E-state index contributed by atoms with van der Waals surface area (Å²) < 4.78 is 11.2. The predicted molar refractivity (Wildman–Crippen MR) is 106 cm³/mol. The number of anilines is 1. The summed E-state index contributed by atoms with van der Waals surface area (Å²) in [7, 11) is 1.70. The van der Waals surface area contributed by atoms with Gasteiger partial charge < -0.3 is 14.4 Å². The first-order valence-electron chi connectivity index (χ1n) is 8.84. The van der Waals surface area contributed by atoms with Gasteiger partial charge in [-0.15, -0.1) is 0 Å². The molecule has 0 aliphatic heterocycles. The maximum atomic E-state index is 12.5. The number of rotatable bonds is 5. The van der Waals surface area contributed by atoms with E-state index in [9.17, 15) is 9.59 Å². The molecule has 1 amide bonds. The Morgan fingerprint density at radius 3 is 2.29 bits per heavy atom. The molecule has 0 saturated heterocycles. The first-order valence-corrected chi connectivity index (χ1v) is 8.84. The molecule has 0 aliphatic carbocycles. The lowest BCUT2D eigenvalue weighted by molar-refractivity contribution is -0.116. The standard InChI is InChI=1S/C22H24N2O4/c1-15(25)24(5)18-8-10-19(11-9-18)27-14-17-7-6-16(13-23)12-20(17)21(26)28-22(2,3)4/h6-12H,14H2,1-5H3. The Labute approximate surface area is 165 Å². The van der Waals surface area contributed by atoms with Crippen molar-refractivity contribution < 1.29 is 19.1 Å². The minimum atomic E-state index is -0.642. The van der Waals surface area contributed by atoms with Gasteiger partial charge in [-0.05, 0) is 57.2 Å². The molecule has 0 saturated carbocycles. The third kappa shape index (κ3) is 5.58. The van der Waals surface area contributed by atoms with Gasteiger partial charge >= 0.3 is 5.97 Å². The number of hydrogen-bond donors (Lipinski definition) is 0. The van der Waals surface area contributed by atoms with Crippen molar-refractivity contribution in [1.29, 1.82) is 5.26 Å². The van der Waals surface area contributed by atoms with Gasteiger partial charge in [0.05, 0.1) is 17.2 Å². The van der Waals surface area contributed by atoms with Gasteiger partial charge in [-0.3, -0.25) is 4.79 Å². The minimum absolute atomic E-state index is 0.0618. The number of ether oxygens (including phenoxy) is 2. The molecule has 0 bridgehead atoms. The number of hydrogen-bond acceptors (Lipinski definition) is 5. The zero-order chi connectivity index (χ0) is 20.9. The Balaban J connectivity index is 2.18. The molecule has 6 nitrogen and oxygen atoms in total. The predicted octanol–water partition coefficient (Wildman–Crippen LogP) is 4.08. The Bertz CT molecular complexity index is 906. The monoisotopic (exact) mass is 380 g/mol. The summed E-state index contributed by atoms with van der Waals surface area (Å²) in [5.74, 6) is 0.0371. The van der Waals surface area contributed by atoms with E-state index in [0.29, 0.717) is 22.4 Å². The molecule has 0 aliphatic rings. The summed E-state index contributed by atoms with van der Waals surface area (Å²) >= 11 is 0. The van der Waals surface area contributed by atoms with Crippen molar-refractivity contribution in [1.82, 2.24) is 0 Å². The number of carbonyl (C=O) groups excluding carboxylic acids is 2. The first-order chi connectivity index (χ1) is 13.1. The van der Waals surface area contributed by atoms with Crippen LogP contribution in [0.4, 0.5) is 5.69 Å². The van der Waals surface area contributed by atoms with Crippen LogP contribution in [0.15, 0.2) is 42.5 Å². The topological polar surface area (TPSA) is 79.6 Å². The highest BCUT2D eigenvalue weighted by atomic mass is 16.6. The fourth-order valence-corrected chi connectivity index (χ4v) is 2.40. The van der Waals surface area contributed by atoms with Crippen molar-refractivity contribution in [2.45, 2.75) is 39.9 Å². The molecule has 2 aromatic rings. The number of nitriles is 1. The molecular weight excluding hydrogens is 356 g/mol. The van der Waals surface area contributed by atoms with Crippen molar-refractivity contribution in [3.63, 3.8) is 0 Å². The van der Waals surface area contributed by atoms with Gasteiger partial charge in [0.1, 0.15) is 18.0 Å². The van der Waals surface area contributed by atoms with Gasteiger partial charge in [0.25, 0.3) is 0 Å². The molecule has 0 spiro atoms. The van der Waals surface area contributed by atoms with Gasteiger partial charge in [0, 0.05) is 25.2 Å². The second-order valence-electron chi connectivity index (χ2n) is 7.35. The van der Waals surface area contributed by atoms with E-state index in [1.165, 1.54) is 17.9 Å². The molecule has 0 fully saturated rings. The zero-order valence-corrected chi connectivity index (χ0v) is 16.8. The fourth-order valence-electron chi connectivity index (χ4n) is 2.40. The Morgan fingerprint density at radius 2 is 1.75 bits per heavy atom. The Hall–Kier alpha value is -3.33. The lowest BCUT2D eigenvalue weighted by Gasteiger charge is -2.21. The van der Waals surface area contributed by atoms with Crippen molar-refractivity contribution in [3.8, 4) is 11.8 Å². The highest BCUT2D eigenvalue weighted by Gasteiger charge is 2.21. The van der Waals surface area contributed by atoms with Crippen molar-refractivity contribution >= 4 is 17.6 Å². The maximum absolute atomic E-state index is 12.5. The minimum Gasteiger partial charge on any atom is -0.489 e. The van der Waals surface area contributed by atoms with E-state index in [4.69, 9.17) is 14.7 Å². The zero-order valence-electron chi connectivity index (χ0n) is 16.8. The van der Waals surface area contributed by atoms with Gasteiger partial charge in [-0.2, -0.15) is 5.26 Å². The van der Waals surface area contributed by atoms with E-state index in [2.05, 4.69) is 0 Å². The average molecular weight is 380 g/mol. The Kier molecular flexibility index (Phi) is 6.42. The highest BCUT2D eigenvalue weighted by molar-refractivity contribution is 5.92. The molecule has 28 heavy (non-hydrogen) atoms. The molecule has 0 heterocycles. The summed E-state index contributed by atoms with van der Waals surface area (Å²) in [6.07, 6.45) is 0. The second kappa shape index (κ2) is 8.57. The van der Waals surface area contributed by atoms with Crippen LogP contribution in [-0.2, 0) is 16.1 Å². The van der Waals surface area contributed by atoms with E-state index in [-0.39, 0.29) is 12.5 Å². The molecule has 0 aromatic heterocycles. The lowest BCUT2D eigenvalue weighted by Crippen LogP contribution is -2.25. The molecule has 0 atom stereocenters. The molecule has 6 heteroatoms. The van der Waals surface area contributed by atoms with E-state index in [1.807, 2.05) is 6.07 Å². The van der Waals surface area contributed by atoms with Crippen LogP contribution in [0.25, 0.3) is 0 Å². The van der Waals surface area contributed by atoms with E-state index >= 15 is 0 Å². The number of carbonyl (C=O) groups is 2. The van der Waals surface area contributed by atoms with Crippen LogP contribution in [0.2, 0.25) is 0 Å². The normalized spacial score (nSPS) is 10.7. The number of nitrogens with zero attached hydrogens (tertiary/aromatic N) is 2. The van der Waals surface area contributed by atoms with Crippen LogP contribution in [-0.4, -0.2) is 24.5 Å². The quantitative estimate of drug-likeness (QED) is 0.731. The summed E-state index contributed by atoms with van der Waals surface area (Å²) in [4.78, 5) is 25.5. The fraction of sp³-hybridized carbons (Fsp3) is 0.318. The van der Waals surface area contributed by atoms with E-state index < -0.39 is 11.6 Å². The van der Waals surface area contributed by atoms with Crippen LogP contribution in [0.3, 0.4) is 0 Å². The van der Waals surface area contributed by atoms with Crippen LogP contribution >= 0.6 is 0 Å². The van der Waals surface area contributed by atoms with Crippen molar-refractivity contribution in [2.24, 2.45) is 0 Å². The average Bonchev–Trinajstić information content (AvgIpc) is 2.64. The highest BCUT2D eigenvalue weighted by Crippen LogP contribution is 2.22. The smallest absolute Gasteiger partial charge is 0.339 e. The molecule has 2 aromatic carbocycles. The largest absolute Gasteiger partial charge is 0.489 e. The van der Waals surface area contributed by atoms with E-state index in [1.54, 1.807) is 64.2 Å². The van der Waals surface area contributed by atoms with Crippen molar-refractivity contribution in [2.75, 3.05) is 11.9 Å². The summed E-state index contributed by atoms with van der Waals surface area (Å²) in [6, 6.07) is 13.9. The molecule has 0 unspecified atom stereocenters. The molecule has 0 radical (unpaired) electrons. The third-order valence-corrected chi connectivity index (χ3v) is 3.95. The molecule has 0 N–H and O–H groups in total. The third-order valence-electron chi connectivity index (χ3n) is 3.95. The van der Waals surface area contributed by atoms with Gasteiger partial charge in [-0.25, -0.2) is 4.79 Å². The summed E-state index contributed by atoms with van der Waals surface area (Å²) in [6.45, 7) is 6.99. The van der Waals surface area contributed by atoms with Crippen LogP contribution < -0.4 is 9.64 Å². The van der Waals surface area contributed by atoms with Gasteiger partial charge in [-0.1, -0.05) is 6.07 Å². The summed E-state index contributed by atoms with van der Waals surface area (Å²) in [5.41, 5.74) is 1.42. The molecule has 146 valence electrons. The molecule has 2 rings (SSSR count). The summed E-state index contributed by atoms with van der Waals surface area (Å²) in [5, 5.41) is 9.12. The number of esters is 1. The SMILES string of the molecule is CC(=O)N(C)c1ccc(OCc2ccc(C#N)cc2C(=O)OC(C)(C)C)cc1. The van der Waals surface area contributed by atoms with Gasteiger partial charge in [0.15, 0.2) is 0 Å². The van der Waals surface area contributed by atoms with Crippen molar-refractivity contribution in [3.05, 3.63) is 59.2 Å². The number of amides is 1. The van der Waals surface area contributed by atoms with Crippen LogP contribution in [0, 0.1) is 11.3 Å². The first kappa shape index (κ1) is 21.0. The van der Waals surface area contributed by atoms with Crippen LogP contribution in [0.1, 0.15) is 49.2 Å². The molecular formula is C22H24N2O4. The van der Waals surface area contributed by atoms with Gasteiger partial charge in [0.2, 0.25) is 5.91 Å². The maximum Gasteiger partial charge on any atom is 0.339 e. The van der Waals surface area contributed by atoms with Crippen LogP contribution in [0.5, 0.6) is 5.75 Å². The van der Waals surface area contributed by atoms with E-state index in [0.717, 1.165) is 5.69 Å². The Morgan fingerprint density at radius 1 is 1.11 bits per heavy atom. The number of benzene rings is 2. The lowest BCUT2D eigenvalue weighted by atomic mass is 10.0. The second-order valence-corrected chi connectivity index (χ2v) is 7.35.